The van der Waals surface area contributed by atoms with Gasteiger partial charge in [0.15, 0.2) is 0 Å². The van der Waals surface area contributed by atoms with Crippen LogP contribution in [0.3, 0.4) is 0 Å². The molecule has 1 unspecified atom stereocenters. The van der Waals surface area contributed by atoms with Gasteiger partial charge in [-0.05, 0) is 61.6 Å². The van der Waals surface area contributed by atoms with Gasteiger partial charge in [-0.25, -0.2) is 0 Å². The van der Waals surface area contributed by atoms with Crippen molar-refractivity contribution < 1.29 is 14.3 Å². The average molecular weight is 435 g/mol. The van der Waals surface area contributed by atoms with E-state index in [1.807, 2.05) is 18.2 Å². The molecule has 3 N–H and O–H groups in total. The highest BCUT2D eigenvalue weighted by Crippen LogP contribution is 2.35. The van der Waals surface area contributed by atoms with Crippen molar-refractivity contribution in [3.63, 3.8) is 0 Å². The Kier molecular flexibility index (Phi) is 5.61. The van der Waals surface area contributed by atoms with Gasteiger partial charge in [-0.3, -0.25) is 14.5 Å². The summed E-state index contributed by atoms with van der Waals surface area (Å²) in [5.74, 6) is 0.0551. The zero-order valence-electron chi connectivity index (χ0n) is 18.7. The van der Waals surface area contributed by atoms with Gasteiger partial charge in [-0.1, -0.05) is 6.07 Å². The number of rotatable bonds is 5. The molecule has 168 valence electrons. The van der Waals surface area contributed by atoms with E-state index in [-0.39, 0.29) is 17.7 Å². The summed E-state index contributed by atoms with van der Waals surface area (Å²) < 4.78 is 5.47. The summed E-state index contributed by atoms with van der Waals surface area (Å²) in [6.07, 6.45) is 3.53. The van der Waals surface area contributed by atoms with Crippen LogP contribution in [-0.2, 0) is 27.3 Å². The summed E-state index contributed by atoms with van der Waals surface area (Å²) in [5.41, 5.74) is 8.08. The highest BCUT2D eigenvalue weighted by atomic mass is 16.5. The minimum absolute atomic E-state index is 0.0154. The normalized spacial score (nSPS) is 22.3. The molecule has 5 rings (SSSR count). The summed E-state index contributed by atoms with van der Waals surface area (Å²) in [5, 5.41) is 5.88. The number of H-pyrrole nitrogens is 1. The molecule has 2 fully saturated rings. The smallest absolute Gasteiger partial charge is 0.256 e. The maximum atomic E-state index is 12.8. The first-order chi connectivity index (χ1) is 15.5. The van der Waals surface area contributed by atoms with Gasteiger partial charge in [0.05, 0.1) is 18.8 Å². The van der Waals surface area contributed by atoms with Gasteiger partial charge in [0.1, 0.15) is 0 Å². The second-order valence-corrected chi connectivity index (χ2v) is 9.03. The van der Waals surface area contributed by atoms with E-state index in [0.717, 1.165) is 74.0 Å². The summed E-state index contributed by atoms with van der Waals surface area (Å²) >= 11 is 0. The lowest BCUT2D eigenvalue weighted by molar-refractivity contribution is -0.122. The van der Waals surface area contributed by atoms with Crippen LogP contribution in [0.4, 0.5) is 5.69 Å². The Balaban J connectivity index is 1.42. The number of nitrogens with one attached hydrogen (secondary N) is 3. The number of carbonyl (C=O) groups excluding carboxylic acids is 2. The van der Waals surface area contributed by atoms with Gasteiger partial charge < -0.3 is 20.4 Å². The molecule has 3 aliphatic heterocycles. The highest BCUT2D eigenvalue weighted by Gasteiger charge is 2.28. The van der Waals surface area contributed by atoms with E-state index in [1.54, 1.807) is 0 Å². The molecule has 7 nitrogen and oxygen atoms in total. The molecule has 1 aromatic carbocycles. The number of aromatic amines is 1. The van der Waals surface area contributed by atoms with Gasteiger partial charge in [-0.15, -0.1) is 0 Å². The number of nitrogens with zero attached hydrogens (tertiary/aromatic N) is 1. The molecule has 0 bridgehead atoms. The predicted molar refractivity (Wildman–Crippen MR) is 124 cm³/mol. The Morgan fingerprint density at radius 3 is 2.75 bits per heavy atom. The fourth-order valence-electron chi connectivity index (χ4n) is 4.95. The molecule has 4 heterocycles. The number of carbonyl (C=O) groups is 2. The van der Waals surface area contributed by atoms with Crippen LogP contribution in [-0.4, -0.2) is 54.5 Å². The zero-order chi connectivity index (χ0) is 22.2. The third-order valence-corrected chi connectivity index (χ3v) is 6.92. The van der Waals surface area contributed by atoms with Crippen molar-refractivity contribution in [1.82, 2.24) is 15.2 Å². The van der Waals surface area contributed by atoms with Gasteiger partial charge in [0.2, 0.25) is 5.91 Å². The molecule has 0 radical (unpaired) electrons. The monoisotopic (exact) mass is 434 g/mol. The Morgan fingerprint density at radius 2 is 2.00 bits per heavy atom. The van der Waals surface area contributed by atoms with E-state index in [9.17, 15) is 9.59 Å². The summed E-state index contributed by atoms with van der Waals surface area (Å²) in [4.78, 5) is 30.7. The van der Waals surface area contributed by atoms with Crippen molar-refractivity contribution in [3.05, 3.63) is 51.8 Å². The number of morpholine rings is 1. The summed E-state index contributed by atoms with van der Waals surface area (Å²) in [6.45, 7) is 9.29. The number of ether oxygens (including phenoxy) is 1. The first kappa shape index (κ1) is 21.0. The fourth-order valence-corrected chi connectivity index (χ4v) is 4.95. The van der Waals surface area contributed by atoms with Crippen LogP contribution in [0.25, 0.3) is 11.6 Å². The Hall–Kier alpha value is -2.90. The van der Waals surface area contributed by atoms with Gasteiger partial charge in [0, 0.05) is 54.7 Å². The minimum Gasteiger partial charge on any atom is -0.379 e. The number of anilines is 1. The van der Waals surface area contributed by atoms with E-state index in [0.29, 0.717) is 12.0 Å². The van der Waals surface area contributed by atoms with Crippen LogP contribution < -0.4 is 10.6 Å². The lowest BCUT2D eigenvalue weighted by Gasteiger charge is -2.26. The molecule has 3 aliphatic rings. The Morgan fingerprint density at radius 1 is 1.19 bits per heavy atom. The lowest BCUT2D eigenvalue weighted by atomic mass is 9.95. The van der Waals surface area contributed by atoms with Crippen molar-refractivity contribution in [2.75, 3.05) is 38.2 Å². The number of amides is 2. The van der Waals surface area contributed by atoms with Gasteiger partial charge in [-0.2, -0.15) is 0 Å². The number of aromatic nitrogens is 1. The number of hydrogen-bond acceptors (Lipinski definition) is 4. The van der Waals surface area contributed by atoms with Crippen LogP contribution in [0.2, 0.25) is 0 Å². The lowest BCUT2D eigenvalue weighted by Crippen LogP contribution is -2.35. The highest BCUT2D eigenvalue weighted by molar-refractivity contribution is 6.34. The standard InChI is InChI=1S/C25H30N4O3/c1-15-21(14-29-7-9-32-10-8-29)16(2)27-23(15)13-20-19-12-17(3-4-22(19)28-25(20)31)11-18-5-6-26-24(18)30/h3-4,12-13,18,27H,5-11,14H2,1-2H3,(H,26,30)(H,28,31). The third-order valence-electron chi connectivity index (χ3n) is 6.92. The molecule has 2 saturated heterocycles. The van der Waals surface area contributed by atoms with Crippen molar-refractivity contribution in [3.8, 4) is 0 Å². The fraction of sp³-hybridized carbons (Fsp3) is 0.440. The van der Waals surface area contributed by atoms with Crippen LogP contribution in [0.15, 0.2) is 18.2 Å². The third kappa shape index (κ3) is 3.98. The maximum Gasteiger partial charge on any atom is 0.256 e. The van der Waals surface area contributed by atoms with Crippen molar-refractivity contribution in [1.29, 1.82) is 0 Å². The molecule has 0 aliphatic carbocycles. The van der Waals surface area contributed by atoms with Crippen LogP contribution in [0.1, 0.15) is 40.1 Å². The Bertz CT molecular complexity index is 1090. The SMILES string of the molecule is Cc1[nH]c(C=C2C(=O)Nc3ccc(CC4CCNC4=O)cc32)c(C)c1CN1CCOCC1. The largest absolute Gasteiger partial charge is 0.379 e. The summed E-state index contributed by atoms with van der Waals surface area (Å²) in [6, 6.07) is 6.02. The quantitative estimate of drug-likeness (QED) is 0.632. The van der Waals surface area contributed by atoms with Crippen molar-refractivity contribution in [2.45, 2.75) is 33.2 Å². The molecule has 0 spiro atoms. The average Bonchev–Trinajstić information content (AvgIpc) is 3.41. The summed E-state index contributed by atoms with van der Waals surface area (Å²) in [7, 11) is 0. The number of hydrogen-bond donors (Lipinski definition) is 3. The van der Waals surface area contributed by atoms with Crippen LogP contribution in [0, 0.1) is 19.8 Å². The number of fused-ring (bicyclic) bond motifs is 1. The first-order valence-electron chi connectivity index (χ1n) is 11.4. The van der Waals surface area contributed by atoms with E-state index in [1.165, 1.54) is 11.1 Å². The molecule has 2 amide bonds. The van der Waals surface area contributed by atoms with Crippen LogP contribution in [0.5, 0.6) is 0 Å². The molecule has 32 heavy (non-hydrogen) atoms. The molecule has 0 saturated carbocycles. The minimum atomic E-state index is -0.0860. The molecule has 1 aromatic heterocycles. The number of benzene rings is 1. The van der Waals surface area contributed by atoms with Crippen molar-refractivity contribution in [2.24, 2.45) is 5.92 Å². The van der Waals surface area contributed by atoms with E-state index < -0.39 is 0 Å². The predicted octanol–water partition coefficient (Wildman–Crippen LogP) is 2.64. The van der Waals surface area contributed by atoms with E-state index in [2.05, 4.69) is 40.4 Å². The first-order valence-corrected chi connectivity index (χ1v) is 11.4. The van der Waals surface area contributed by atoms with E-state index in [4.69, 9.17) is 4.74 Å². The van der Waals surface area contributed by atoms with Crippen LogP contribution >= 0.6 is 0 Å². The second kappa shape index (κ2) is 8.56. The molecular weight excluding hydrogens is 404 g/mol. The van der Waals surface area contributed by atoms with Crippen molar-refractivity contribution >= 4 is 29.2 Å². The molecule has 7 heteroatoms. The second-order valence-electron chi connectivity index (χ2n) is 9.03. The zero-order valence-corrected chi connectivity index (χ0v) is 18.7. The molecule has 1 atom stereocenters. The molecular formula is C25H30N4O3. The molecule has 2 aromatic rings. The van der Waals surface area contributed by atoms with Gasteiger partial charge >= 0.3 is 0 Å². The maximum absolute atomic E-state index is 12.8. The Labute approximate surface area is 188 Å². The van der Waals surface area contributed by atoms with E-state index >= 15 is 0 Å². The number of aryl methyl sites for hydroxylation is 1. The van der Waals surface area contributed by atoms with Gasteiger partial charge in [0.25, 0.3) is 5.91 Å². The topological polar surface area (TPSA) is 86.5 Å².